The lowest BCUT2D eigenvalue weighted by atomic mass is 10.2. The predicted octanol–water partition coefficient (Wildman–Crippen LogP) is 3.19. The quantitative estimate of drug-likeness (QED) is 0.639. The summed E-state index contributed by atoms with van der Waals surface area (Å²) in [6.07, 6.45) is 1.53. The van der Waals surface area contributed by atoms with E-state index >= 15 is 0 Å². The highest BCUT2D eigenvalue weighted by Gasteiger charge is 2.26. The highest BCUT2D eigenvalue weighted by Crippen LogP contribution is 2.28. The maximum atomic E-state index is 12.9. The van der Waals surface area contributed by atoms with Gasteiger partial charge in [-0.2, -0.15) is 0 Å². The Morgan fingerprint density at radius 1 is 1.08 bits per heavy atom. The van der Waals surface area contributed by atoms with Gasteiger partial charge < -0.3 is 14.2 Å². The van der Waals surface area contributed by atoms with Crippen LogP contribution in [0.15, 0.2) is 53.2 Å². The van der Waals surface area contributed by atoms with Crippen LogP contribution in [0.2, 0.25) is 0 Å². The molecule has 0 N–H and O–H groups in total. The van der Waals surface area contributed by atoms with Crippen LogP contribution < -0.4 is 9.47 Å². The lowest BCUT2D eigenvalue weighted by Gasteiger charge is -2.08. The third-order valence-corrected chi connectivity index (χ3v) is 3.43. The van der Waals surface area contributed by atoms with Gasteiger partial charge in [-0.05, 0) is 42.0 Å². The van der Waals surface area contributed by atoms with Gasteiger partial charge in [0.2, 0.25) is 5.90 Å². The second-order valence-corrected chi connectivity index (χ2v) is 4.95. The molecule has 0 unspecified atom stereocenters. The fourth-order valence-corrected chi connectivity index (χ4v) is 2.22. The molecule has 0 atom stereocenters. The molecule has 5 nitrogen and oxygen atoms in total. The number of carbonyl (C=O) groups excluding carboxylic acids is 1. The van der Waals surface area contributed by atoms with Crippen molar-refractivity contribution in [2.45, 2.75) is 0 Å². The number of hydrogen-bond acceptors (Lipinski definition) is 5. The molecule has 0 bridgehead atoms. The van der Waals surface area contributed by atoms with Crippen LogP contribution in [0.5, 0.6) is 11.5 Å². The first-order valence-electron chi connectivity index (χ1n) is 7.11. The van der Waals surface area contributed by atoms with E-state index in [1.54, 1.807) is 30.3 Å². The summed E-state index contributed by atoms with van der Waals surface area (Å²) in [4.78, 5) is 16.2. The van der Waals surface area contributed by atoms with E-state index < -0.39 is 5.97 Å². The molecule has 0 spiro atoms. The van der Waals surface area contributed by atoms with Crippen LogP contribution in [0.25, 0.3) is 6.08 Å². The highest BCUT2D eigenvalue weighted by atomic mass is 19.1. The van der Waals surface area contributed by atoms with E-state index in [9.17, 15) is 9.18 Å². The smallest absolute Gasteiger partial charge is 0.363 e. The lowest BCUT2D eigenvalue weighted by Crippen LogP contribution is -2.07. The zero-order chi connectivity index (χ0) is 17.1. The number of cyclic esters (lactones) is 1. The SMILES string of the molecule is COc1ccc(OC)c(C2=N/C(=C/c3ccc(F)cc3)C(=O)O2)c1. The van der Waals surface area contributed by atoms with Gasteiger partial charge in [0.1, 0.15) is 17.3 Å². The van der Waals surface area contributed by atoms with Crippen molar-refractivity contribution in [2.75, 3.05) is 14.2 Å². The number of aliphatic imine (C=N–C) groups is 1. The van der Waals surface area contributed by atoms with Gasteiger partial charge in [0, 0.05) is 0 Å². The molecule has 1 aliphatic rings. The van der Waals surface area contributed by atoms with Crippen molar-refractivity contribution in [1.82, 2.24) is 0 Å². The molecule has 0 fully saturated rings. The summed E-state index contributed by atoms with van der Waals surface area (Å²) < 4.78 is 28.6. The lowest BCUT2D eigenvalue weighted by molar-refractivity contribution is -0.129. The average Bonchev–Trinajstić information content (AvgIpc) is 2.97. The number of rotatable bonds is 4. The Labute approximate surface area is 138 Å². The van der Waals surface area contributed by atoms with Gasteiger partial charge >= 0.3 is 5.97 Å². The molecule has 0 saturated carbocycles. The molecule has 1 aliphatic heterocycles. The van der Waals surface area contributed by atoms with Crippen molar-refractivity contribution < 1.29 is 23.4 Å². The van der Waals surface area contributed by atoms with Crippen LogP contribution in [0.4, 0.5) is 4.39 Å². The number of methoxy groups -OCH3 is 2. The Bertz CT molecular complexity index is 841. The molecule has 2 aromatic rings. The monoisotopic (exact) mass is 327 g/mol. The molecule has 0 saturated heterocycles. The number of halogens is 1. The maximum Gasteiger partial charge on any atom is 0.363 e. The van der Waals surface area contributed by atoms with E-state index in [0.717, 1.165) is 0 Å². The molecular weight excluding hydrogens is 313 g/mol. The van der Waals surface area contributed by atoms with E-state index in [4.69, 9.17) is 14.2 Å². The van der Waals surface area contributed by atoms with Crippen LogP contribution in [-0.2, 0) is 9.53 Å². The average molecular weight is 327 g/mol. The number of esters is 1. The Morgan fingerprint density at radius 2 is 1.83 bits per heavy atom. The van der Waals surface area contributed by atoms with Gasteiger partial charge in [-0.15, -0.1) is 0 Å². The zero-order valence-electron chi connectivity index (χ0n) is 13.1. The number of hydrogen-bond donors (Lipinski definition) is 0. The first-order chi connectivity index (χ1) is 11.6. The van der Waals surface area contributed by atoms with Crippen LogP contribution in [0, 0.1) is 5.82 Å². The Morgan fingerprint density at radius 3 is 2.50 bits per heavy atom. The number of ether oxygens (including phenoxy) is 3. The van der Waals surface area contributed by atoms with E-state index in [1.165, 1.54) is 32.4 Å². The van der Waals surface area contributed by atoms with Crippen molar-refractivity contribution in [3.63, 3.8) is 0 Å². The molecule has 2 aromatic carbocycles. The van der Waals surface area contributed by atoms with Crippen LogP contribution >= 0.6 is 0 Å². The summed E-state index contributed by atoms with van der Waals surface area (Å²) >= 11 is 0. The molecule has 0 amide bonds. The van der Waals surface area contributed by atoms with Crippen molar-refractivity contribution in [3.05, 3.63) is 65.1 Å². The van der Waals surface area contributed by atoms with E-state index in [1.807, 2.05) is 0 Å². The predicted molar refractivity (Wildman–Crippen MR) is 86.6 cm³/mol. The summed E-state index contributed by atoms with van der Waals surface area (Å²) in [5.41, 5.74) is 1.28. The summed E-state index contributed by atoms with van der Waals surface area (Å²) in [6, 6.07) is 10.8. The largest absolute Gasteiger partial charge is 0.497 e. The minimum Gasteiger partial charge on any atom is -0.497 e. The molecule has 122 valence electrons. The van der Waals surface area contributed by atoms with Gasteiger partial charge in [0.15, 0.2) is 5.70 Å². The Hall–Kier alpha value is -3.15. The van der Waals surface area contributed by atoms with E-state index in [-0.39, 0.29) is 17.4 Å². The third-order valence-electron chi connectivity index (χ3n) is 3.43. The molecule has 1 heterocycles. The number of carbonyl (C=O) groups is 1. The maximum absolute atomic E-state index is 12.9. The molecular formula is C18H14FNO4. The van der Waals surface area contributed by atoms with Crippen LogP contribution in [0.1, 0.15) is 11.1 Å². The first kappa shape index (κ1) is 15.7. The first-order valence-corrected chi connectivity index (χ1v) is 7.11. The van der Waals surface area contributed by atoms with Gasteiger partial charge in [-0.3, -0.25) is 0 Å². The highest BCUT2D eigenvalue weighted by molar-refractivity contribution is 6.13. The molecule has 0 radical (unpaired) electrons. The van der Waals surface area contributed by atoms with E-state index in [2.05, 4.69) is 4.99 Å². The van der Waals surface area contributed by atoms with Gasteiger partial charge in [0.25, 0.3) is 0 Å². The fraction of sp³-hybridized carbons (Fsp3) is 0.111. The Balaban J connectivity index is 1.98. The standard InChI is InChI=1S/C18H14FNO4/c1-22-13-7-8-16(23-2)14(10-13)17-20-15(18(21)24-17)9-11-3-5-12(19)6-4-11/h3-10H,1-2H3/b15-9+. The minimum absolute atomic E-state index is 0.126. The second-order valence-electron chi connectivity index (χ2n) is 4.95. The van der Waals surface area contributed by atoms with Crippen molar-refractivity contribution in [1.29, 1.82) is 0 Å². The fourth-order valence-electron chi connectivity index (χ4n) is 2.22. The number of benzene rings is 2. The van der Waals surface area contributed by atoms with Gasteiger partial charge in [-0.25, -0.2) is 14.2 Å². The number of nitrogens with zero attached hydrogens (tertiary/aromatic N) is 1. The molecule has 6 heteroatoms. The summed E-state index contributed by atoms with van der Waals surface area (Å²) in [6.45, 7) is 0. The van der Waals surface area contributed by atoms with Crippen molar-refractivity contribution in [3.8, 4) is 11.5 Å². The summed E-state index contributed by atoms with van der Waals surface area (Å²) in [5, 5.41) is 0. The van der Waals surface area contributed by atoms with Crippen molar-refractivity contribution >= 4 is 17.9 Å². The van der Waals surface area contributed by atoms with Crippen LogP contribution in [0.3, 0.4) is 0 Å². The topological polar surface area (TPSA) is 57.1 Å². The Kier molecular flexibility index (Phi) is 4.29. The second kappa shape index (κ2) is 6.54. The van der Waals surface area contributed by atoms with E-state index in [0.29, 0.717) is 22.6 Å². The summed E-state index contributed by atoms with van der Waals surface area (Å²) in [5.74, 6) is 0.283. The normalized spacial score (nSPS) is 15.2. The molecule has 0 aromatic heterocycles. The molecule has 3 rings (SSSR count). The molecule has 0 aliphatic carbocycles. The van der Waals surface area contributed by atoms with Crippen LogP contribution in [-0.4, -0.2) is 26.1 Å². The third kappa shape index (κ3) is 3.12. The van der Waals surface area contributed by atoms with Gasteiger partial charge in [-0.1, -0.05) is 12.1 Å². The minimum atomic E-state index is -0.584. The zero-order valence-corrected chi connectivity index (χ0v) is 13.1. The van der Waals surface area contributed by atoms with Crippen molar-refractivity contribution in [2.24, 2.45) is 4.99 Å². The molecule has 24 heavy (non-hydrogen) atoms. The van der Waals surface area contributed by atoms with Gasteiger partial charge in [0.05, 0.1) is 19.8 Å². The summed E-state index contributed by atoms with van der Waals surface area (Å²) in [7, 11) is 3.05.